The van der Waals surface area contributed by atoms with E-state index in [1.165, 1.54) is 0 Å². The molecule has 2 heterocycles. The molecule has 2 aliphatic heterocycles. The molecule has 124 valence electrons. The van der Waals surface area contributed by atoms with Crippen LogP contribution in [0.15, 0.2) is 29.2 Å². The summed E-state index contributed by atoms with van der Waals surface area (Å²) in [6, 6.07) is 7.24. The van der Waals surface area contributed by atoms with Crippen LogP contribution in [0.3, 0.4) is 0 Å². The summed E-state index contributed by atoms with van der Waals surface area (Å²) >= 11 is 6.27. The Bertz CT molecular complexity index is 759. The van der Waals surface area contributed by atoms with Crippen molar-refractivity contribution in [2.24, 2.45) is 0 Å². The Hall–Kier alpha value is -2.19. The van der Waals surface area contributed by atoms with E-state index in [0.717, 1.165) is 27.3 Å². The quantitative estimate of drug-likeness (QED) is 0.467. The molecule has 0 radical (unpaired) electrons. The number of carbonyl (C=O) groups excluding carboxylic acids is 3. The number of ether oxygens (including phenoxy) is 1. The number of carbonyl (C=O) groups is 3. The predicted molar refractivity (Wildman–Crippen MR) is 93.7 cm³/mol. The van der Waals surface area contributed by atoms with Crippen LogP contribution in [0.1, 0.15) is 24.8 Å². The first-order valence-corrected chi connectivity index (χ1v) is 8.52. The molecule has 0 bridgehead atoms. The van der Waals surface area contributed by atoms with E-state index < -0.39 is 17.7 Å². The lowest BCUT2D eigenvalue weighted by Gasteiger charge is -2.31. The average Bonchev–Trinajstić information content (AvgIpc) is 2.83. The fraction of sp³-hybridized carbons (Fsp3) is 0.250. The van der Waals surface area contributed by atoms with E-state index in [1.54, 1.807) is 19.3 Å². The van der Waals surface area contributed by atoms with Crippen molar-refractivity contribution in [3.63, 3.8) is 0 Å². The van der Waals surface area contributed by atoms with Gasteiger partial charge in [-0.15, -0.1) is 0 Å². The van der Waals surface area contributed by atoms with Crippen molar-refractivity contribution in [1.29, 1.82) is 0 Å². The molecule has 6 nitrogen and oxygen atoms in total. The number of benzene rings is 1. The predicted octanol–water partition coefficient (Wildman–Crippen LogP) is 2.35. The van der Waals surface area contributed by atoms with Gasteiger partial charge in [0.15, 0.2) is 4.32 Å². The maximum atomic E-state index is 12.7. The third kappa shape index (κ3) is 2.94. The number of nitrogens with zero attached hydrogens (tertiary/aromatic N) is 2. The molecule has 8 heteroatoms. The maximum Gasteiger partial charge on any atom is 0.285 e. The molecular weight excluding hydrogens is 348 g/mol. The van der Waals surface area contributed by atoms with Gasteiger partial charge in [0.1, 0.15) is 5.75 Å². The fourth-order valence-corrected chi connectivity index (χ4v) is 3.76. The number of para-hydroxylation sites is 1. The third-order valence-corrected chi connectivity index (χ3v) is 4.94. The molecule has 0 N–H and O–H groups in total. The molecule has 0 unspecified atom stereocenters. The molecule has 0 atom stereocenters. The van der Waals surface area contributed by atoms with Crippen LogP contribution < -0.4 is 4.74 Å². The number of thiocarbonyl (C=S) groups is 1. The Morgan fingerprint density at radius 3 is 2.46 bits per heavy atom. The van der Waals surface area contributed by atoms with E-state index in [4.69, 9.17) is 17.0 Å². The highest BCUT2D eigenvalue weighted by atomic mass is 32.2. The zero-order valence-electron chi connectivity index (χ0n) is 12.9. The van der Waals surface area contributed by atoms with Crippen molar-refractivity contribution in [3.05, 3.63) is 34.7 Å². The minimum Gasteiger partial charge on any atom is -0.496 e. The Balaban J connectivity index is 1.93. The largest absolute Gasteiger partial charge is 0.496 e. The summed E-state index contributed by atoms with van der Waals surface area (Å²) < 4.78 is 5.44. The van der Waals surface area contributed by atoms with Crippen LogP contribution in [0.2, 0.25) is 0 Å². The van der Waals surface area contributed by atoms with E-state index in [2.05, 4.69) is 0 Å². The molecule has 0 aromatic heterocycles. The summed E-state index contributed by atoms with van der Waals surface area (Å²) in [6.07, 6.45) is 2.61. The topological polar surface area (TPSA) is 66.9 Å². The normalized spacial score (nSPS) is 20.3. The van der Waals surface area contributed by atoms with Gasteiger partial charge in [-0.2, -0.15) is 10.0 Å². The lowest BCUT2D eigenvalue weighted by atomic mass is 10.1. The Morgan fingerprint density at radius 2 is 1.79 bits per heavy atom. The van der Waals surface area contributed by atoms with Gasteiger partial charge >= 0.3 is 0 Å². The second-order valence-corrected chi connectivity index (χ2v) is 6.86. The second kappa shape index (κ2) is 6.74. The monoisotopic (exact) mass is 362 g/mol. The number of amides is 3. The minimum atomic E-state index is -0.473. The van der Waals surface area contributed by atoms with Crippen molar-refractivity contribution in [3.8, 4) is 5.75 Å². The van der Waals surface area contributed by atoms with Gasteiger partial charge in [-0.1, -0.05) is 30.0 Å². The SMILES string of the molecule is COc1ccccc1/C=C1/SC(=S)N(N2C(=O)CCCC2=O)C1=O. The van der Waals surface area contributed by atoms with Crippen molar-refractivity contribution in [1.82, 2.24) is 10.0 Å². The zero-order chi connectivity index (χ0) is 17.3. The highest BCUT2D eigenvalue weighted by molar-refractivity contribution is 8.26. The van der Waals surface area contributed by atoms with Gasteiger partial charge in [0.05, 0.1) is 12.0 Å². The first-order valence-electron chi connectivity index (χ1n) is 7.29. The molecule has 1 aromatic rings. The molecule has 24 heavy (non-hydrogen) atoms. The average molecular weight is 362 g/mol. The number of hydrazine groups is 1. The van der Waals surface area contributed by atoms with E-state index in [0.29, 0.717) is 17.1 Å². The number of hydrogen-bond acceptors (Lipinski definition) is 6. The molecule has 1 aromatic carbocycles. The minimum absolute atomic E-state index is 0.171. The third-order valence-electron chi connectivity index (χ3n) is 3.65. The van der Waals surface area contributed by atoms with Crippen molar-refractivity contribution in [2.45, 2.75) is 19.3 Å². The number of imide groups is 1. The van der Waals surface area contributed by atoms with Crippen LogP contribution in [0.5, 0.6) is 5.75 Å². The standard InChI is InChI=1S/C16H14N2O4S2/c1-22-11-6-3-2-5-10(11)9-12-15(21)18(16(23)24-12)17-13(19)7-4-8-14(17)20/h2-3,5-6,9H,4,7-8H2,1H3/b12-9+. The summed E-state index contributed by atoms with van der Waals surface area (Å²) in [7, 11) is 1.54. The highest BCUT2D eigenvalue weighted by Gasteiger charge is 2.42. The number of piperidine rings is 1. The van der Waals surface area contributed by atoms with Gasteiger partial charge in [-0.25, -0.2) is 0 Å². The molecule has 2 aliphatic rings. The van der Waals surface area contributed by atoms with Crippen molar-refractivity contribution < 1.29 is 19.1 Å². The lowest BCUT2D eigenvalue weighted by molar-refractivity contribution is -0.166. The number of hydrogen-bond donors (Lipinski definition) is 0. The van der Waals surface area contributed by atoms with E-state index in [-0.39, 0.29) is 17.2 Å². The summed E-state index contributed by atoms with van der Waals surface area (Å²) in [5, 5.41) is 1.88. The van der Waals surface area contributed by atoms with Crippen molar-refractivity contribution in [2.75, 3.05) is 7.11 Å². The highest BCUT2D eigenvalue weighted by Crippen LogP contribution is 2.36. The van der Waals surface area contributed by atoms with Crippen LogP contribution in [0.25, 0.3) is 6.08 Å². The number of methoxy groups -OCH3 is 1. The van der Waals surface area contributed by atoms with Crippen LogP contribution in [-0.4, -0.2) is 39.2 Å². The van der Waals surface area contributed by atoms with Crippen LogP contribution in [-0.2, 0) is 14.4 Å². The van der Waals surface area contributed by atoms with Gasteiger partial charge in [0, 0.05) is 18.4 Å². The zero-order valence-corrected chi connectivity index (χ0v) is 14.5. The first kappa shape index (κ1) is 16.7. The van der Waals surface area contributed by atoms with Gasteiger partial charge in [0.2, 0.25) is 11.8 Å². The molecule has 3 amide bonds. The van der Waals surface area contributed by atoms with E-state index in [1.807, 2.05) is 18.2 Å². The second-order valence-electron chi connectivity index (χ2n) is 5.19. The van der Waals surface area contributed by atoms with Crippen LogP contribution in [0.4, 0.5) is 0 Å². The van der Waals surface area contributed by atoms with Gasteiger partial charge in [-0.3, -0.25) is 14.4 Å². The molecule has 2 fully saturated rings. The van der Waals surface area contributed by atoms with E-state index in [9.17, 15) is 14.4 Å². The van der Waals surface area contributed by atoms with Crippen molar-refractivity contribution >= 4 is 52.1 Å². The lowest BCUT2D eigenvalue weighted by Crippen LogP contribution is -2.53. The Labute approximate surface area is 148 Å². The summed E-state index contributed by atoms with van der Waals surface area (Å²) in [4.78, 5) is 37.1. The van der Waals surface area contributed by atoms with Crippen LogP contribution in [0, 0.1) is 0 Å². The Morgan fingerprint density at radius 1 is 1.12 bits per heavy atom. The van der Waals surface area contributed by atoms with Gasteiger partial charge in [0.25, 0.3) is 5.91 Å². The molecule has 3 rings (SSSR count). The molecular formula is C16H14N2O4S2. The first-order chi connectivity index (χ1) is 11.5. The maximum absolute atomic E-state index is 12.7. The number of thioether (sulfide) groups is 1. The van der Waals surface area contributed by atoms with Gasteiger partial charge in [-0.05, 0) is 30.8 Å². The summed E-state index contributed by atoms with van der Waals surface area (Å²) in [6.45, 7) is 0. The van der Waals surface area contributed by atoms with Crippen LogP contribution >= 0.6 is 24.0 Å². The molecule has 0 aliphatic carbocycles. The Kier molecular flexibility index (Phi) is 4.68. The number of rotatable bonds is 3. The molecule has 2 saturated heterocycles. The van der Waals surface area contributed by atoms with E-state index >= 15 is 0 Å². The summed E-state index contributed by atoms with van der Waals surface area (Å²) in [5.41, 5.74) is 0.719. The molecule has 0 spiro atoms. The fourth-order valence-electron chi connectivity index (χ4n) is 2.52. The van der Waals surface area contributed by atoms with Gasteiger partial charge < -0.3 is 4.74 Å². The summed E-state index contributed by atoms with van der Waals surface area (Å²) in [5.74, 6) is -0.658. The molecule has 0 saturated carbocycles. The smallest absolute Gasteiger partial charge is 0.285 e.